The van der Waals surface area contributed by atoms with Crippen molar-refractivity contribution in [2.75, 3.05) is 11.1 Å². The minimum Gasteiger partial charge on any atom is -0.368 e. The molecular formula is C21H21N7OS. The SMILES string of the molecule is Cc1ccc(Nc2nc(N)nc(Cn3cnc4sc5c(c4c3=O)CCCC5)n2)cc1. The normalized spacial score (nSPS) is 13.4. The van der Waals surface area contributed by atoms with Gasteiger partial charge in [0.25, 0.3) is 5.56 Å². The van der Waals surface area contributed by atoms with Crippen molar-refractivity contribution in [1.82, 2.24) is 24.5 Å². The zero-order chi connectivity index (χ0) is 20.7. The first-order valence-corrected chi connectivity index (χ1v) is 10.7. The molecule has 1 aliphatic rings. The van der Waals surface area contributed by atoms with Gasteiger partial charge < -0.3 is 11.1 Å². The van der Waals surface area contributed by atoms with Crippen LogP contribution in [0.25, 0.3) is 10.2 Å². The second-order valence-electron chi connectivity index (χ2n) is 7.49. The monoisotopic (exact) mass is 419 g/mol. The number of nitrogens with zero attached hydrogens (tertiary/aromatic N) is 5. The van der Waals surface area contributed by atoms with E-state index in [1.165, 1.54) is 16.9 Å². The molecule has 1 aliphatic carbocycles. The molecule has 9 heteroatoms. The minimum atomic E-state index is -0.0496. The van der Waals surface area contributed by atoms with Crippen molar-refractivity contribution >= 4 is 39.1 Å². The van der Waals surface area contributed by atoms with Gasteiger partial charge in [0.1, 0.15) is 4.83 Å². The van der Waals surface area contributed by atoms with Gasteiger partial charge in [-0.25, -0.2) is 4.98 Å². The number of hydrogen-bond acceptors (Lipinski definition) is 8. The number of nitrogen functional groups attached to an aromatic ring is 1. The Morgan fingerprint density at radius 3 is 2.77 bits per heavy atom. The van der Waals surface area contributed by atoms with Crippen LogP contribution in [0.2, 0.25) is 0 Å². The highest BCUT2D eigenvalue weighted by molar-refractivity contribution is 7.18. The number of fused-ring (bicyclic) bond motifs is 3. The average Bonchev–Trinajstić information content (AvgIpc) is 3.11. The number of aromatic nitrogens is 5. The molecule has 0 spiro atoms. The summed E-state index contributed by atoms with van der Waals surface area (Å²) in [4.78, 5) is 32.6. The van der Waals surface area contributed by atoms with E-state index >= 15 is 0 Å². The van der Waals surface area contributed by atoms with E-state index in [1.54, 1.807) is 22.2 Å². The fourth-order valence-corrected chi connectivity index (χ4v) is 5.00. The summed E-state index contributed by atoms with van der Waals surface area (Å²) in [5, 5.41) is 3.88. The number of benzene rings is 1. The molecule has 0 fully saturated rings. The molecule has 0 bridgehead atoms. The number of nitrogens with one attached hydrogen (secondary N) is 1. The van der Waals surface area contributed by atoms with E-state index < -0.39 is 0 Å². The molecule has 5 rings (SSSR count). The quantitative estimate of drug-likeness (QED) is 0.522. The molecule has 1 aromatic carbocycles. The highest BCUT2D eigenvalue weighted by Gasteiger charge is 2.20. The molecule has 0 atom stereocenters. The third-order valence-electron chi connectivity index (χ3n) is 5.26. The van der Waals surface area contributed by atoms with Crippen LogP contribution in [0.15, 0.2) is 35.4 Å². The van der Waals surface area contributed by atoms with Gasteiger partial charge in [0.2, 0.25) is 11.9 Å². The maximum atomic E-state index is 13.2. The van der Waals surface area contributed by atoms with Crippen LogP contribution in [-0.2, 0) is 19.4 Å². The maximum absolute atomic E-state index is 13.2. The topological polar surface area (TPSA) is 112 Å². The summed E-state index contributed by atoms with van der Waals surface area (Å²) in [5.74, 6) is 0.852. The lowest BCUT2D eigenvalue weighted by Crippen LogP contribution is -2.23. The van der Waals surface area contributed by atoms with Gasteiger partial charge in [-0.2, -0.15) is 15.0 Å². The van der Waals surface area contributed by atoms with E-state index in [9.17, 15) is 4.79 Å². The van der Waals surface area contributed by atoms with E-state index in [-0.39, 0.29) is 18.1 Å². The Bertz CT molecular complexity index is 1290. The van der Waals surface area contributed by atoms with Crippen LogP contribution in [0.5, 0.6) is 0 Å². The summed E-state index contributed by atoms with van der Waals surface area (Å²) in [6, 6.07) is 7.87. The number of aryl methyl sites for hydroxylation is 3. The molecule has 0 amide bonds. The number of hydrogen-bond donors (Lipinski definition) is 2. The van der Waals surface area contributed by atoms with Crippen LogP contribution < -0.4 is 16.6 Å². The standard InChI is InChI=1S/C21H21N7OS/c1-12-6-8-13(9-7-12)24-21-26-16(25-20(22)27-21)10-28-11-23-18-17(19(28)29)14-4-2-3-5-15(14)30-18/h6-9,11H,2-5,10H2,1H3,(H3,22,24,25,26,27). The summed E-state index contributed by atoms with van der Waals surface area (Å²) in [6.07, 6.45) is 5.84. The molecule has 152 valence electrons. The predicted molar refractivity (Wildman–Crippen MR) is 118 cm³/mol. The van der Waals surface area contributed by atoms with E-state index in [4.69, 9.17) is 5.73 Å². The van der Waals surface area contributed by atoms with Gasteiger partial charge in [-0.3, -0.25) is 9.36 Å². The van der Waals surface area contributed by atoms with Crippen molar-refractivity contribution in [3.05, 3.63) is 62.8 Å². The van der Waals surface area contributed by atoms with Gasteiger partial charge in [-0.1, -0.05) is 17.7 Å². The number of nitrogens with two attached hydrogens (primary N) is 1. The lowest BCUT2D eigenvalue weighted by molar-refractivity contribution is 0.691. The van der Waals surface area contributed by atoms with Crippen LogP contribution in [0.1, 0.15) is 34.7 Å². The fraction of sp³-hybridized carbons (Fsp3) is 0.286. The molecule has 8 nitrogen and oxygen atoms in total. The van der Waals surface area contributed by atoms with Gasteiger partial charge in [0.15, 0.2) is 5.82 Å². The van der Waals surface area contributed by atoms with Crippen molar-refractivity contribution in [1.29, 1.82) is 0 Å². The summed E-state index contributed by atoms with van der Waals surface area (Å²) in [5.41, 5.74) is 9.02. The molecular weight excluding hydrogens is 398 g/mol. The van der Waals surface area contributed by atoms with E-state index in [0.717, 1.165) is 40.7 Å². The molecule has 0 aliphatic heterocycles. The van der Waals surface area contributed by atoms with E-state index in [0.29, 0.717) is 11.8 Å². The molecule has 0 saturated carbocycles. The summed E-state index contributed by atoms with van der Waals surface area (Å²) in [6.45, 7) is 2.21. The van der Waals surface area contributed by atoms with Crippen molar-refractivity contribution in [2.24, 2.45) is 0 Å². The Morgan fingerprint density at radius 2 is 1.93 bits per heavy atom. The number of anilines is 3. The fourth-order valence-electron chi connectivity index (χ4n) is 3.78. The van der Waals surface area contributed by atoms with Crippen LogP contribution in [0.4, 0.5) is 17.6 Å². The highest BCUT2D eigenvalue weighted by atomic mass is 32.1. The van der Waals surface area contributed by atoms with Crippen molar-refractivity contribution in [2.45, 2.75) is 39.2 Å². The Kier molecular flexibility index (Phi) is 4.66. The third-order valence-corrected chi connectivity index (χ3v) is 6.46. The first kappa shape index (κ1) is 18.7. The van der Waals surface area contributed by atoms with E-state index in [2.05, 4.69) is 25.3 Å². The summed E-state index contributed by atoms with van der Waals surface area (Å²) >= 11 is 1.64. The van der Waals surface area contributed by atoms with Gasteiger partial charge in [-0.15, -0.1) is 11.3 Å². The Balaban J connectivity index is 1.47. The van der Waals surface area contributed by atoms with Gasteiger partial charge >= 0.3 is 0 Å². The van der Waals surface area contributed by atoms with Crippen molar-refractivity contribution in [3.8, 4) is 0 Å². The second kappa shape index (κ2) is 7.49. The lowest BCUT2D eigenvalue weighted by Gasteiger charge is -2.11. The molecule has 3 aromatic heterocycles. The largest absolute Gasteiger partial charge is 0.368 e. The van der Waals surface area contributed by atoms with Crippen LogP contribution >= 0.6 is 11.3 Å². The predicted octanol–water partition coefficient (Wildman–Crippen LogP) is 3.20. The van der Waals surface area contributed by atoms with Gasteiger partial charge in [0.05, 0.1) is 18.3 Å². The summed E-state index contributed by atoms with van der Waals surface area (Å²) in [7, 11) is 0. The Hall–Kier alpha value is -3.33. The zero-order valence-corrected chi connectivity index (χ0v) is 17.4. The lowest BCUT2D eigenvalue weighted by atomic mass is 9.97. The molecule has 4 aromatic rings. The molecule has 3 N–H and O–H groups in total. The molecule has 30 heavy (non-hydrogen) atoms. The second-order valence-corrected chi connectivity index (χ2v) is 8.58. The minimum absolute atomic E-state index is 0.0496. The van der Waals surface area contributed by atoms with E-state index in [1.807, 2.05) is 31.2 Å². The maximum Gasteiger partial charge on any atom is 0.262 e. The van der Waals surface area contributed by atoms with Crippen molar-refractivity contribution < 1.29 is 0 Å². The third kappa shape index (κ3) is 3.52. The highest BCUT2D eigenvalue weighted by Crippen LogP contribution is 2.33. The number of thiophene rings is 1. The zero-order valence-electron chi connectivity index (χ0n) is 16.6. The molecule has 0 unspecified atom stereocenters. The van der Waals surface area contributed by atoms with Gasteiger partial charge in [-0.05, 0) is 50.3 Å². The van der Waals surface area contributed by atoms with Crippen LogP contribution in [0.3, 0.4) is 0 Å². The number of rotatable bonds is 4. The van der Waals surface area contributed by atoms with Crippen LogP contribution in [-0.4, -0.2) is 24.5 Å². The molecule has 0 saturated heterocycles. The molecule has 3 heterocycles. The first-order valence-electron chi connectivity index (χ1n) is 9.90. The Labute approximate surface area is 176 Å². The molecule has 0 radical (unpaired) electrons. The first-order chi connectivity index (χ1) is 14.6. The van der Waals surface area contributed by atoms with Crippen molar-refractivity contribution in [3.63, 3.8) is 0 Å². The van der Waals surface area contributed by atoms with Crippen LogP contribution in [0, 0.1) is 6.92 Å². The van der Waals surface area contributed by atoms with Gasteiger partial charge in [0, 0.05) is 10.6 Å². The smallest absolute Gasteiger partial charge is 0.262 e. The summed E-state index contributed by atoms with van der Waals surface area (Å²) < 4.78 is 1.55. The average molecular weight is 420 g/mol. The Morgan fingerprint density at radius 1 is 1.13 bits per heavy atom.